The second-order valence-electron chi connectivity index (χ2n) is 7.45. The highest BCUT2D eigenvalue weighted by molar-refractivity contribution is 7.92. The normalized spacial score (nSPS) is 10.9. The van der Waals surface area contributed by atoms with Crippen molar-refractivity contribution in [3.05, 3.63) is 94.5 Å². The SMILES string of the molecule is CCCNC(=O)c1ccccc1NC(=O)CN(c1cccc([N+](=O)[O-])c1)S(=O)(=O)c1ccccc1. The maximum absolute atomic E-state index is 13.4. The van der Waals surface area contributed by atoms with Crippen molar-refractivity contribution >= 4 is 38.9 Å². The van der Waals surface area contributed by atoms with Crippen molar-refractivity contribution in [2.45, 2.75) is 18.2 Å². The Morgan fingerprint density at radius 2 is 1.66 bits per heavy atom. The number of nitrogens with zero attached hydrogens (tertiary/aromatic N) is 2. The number of amides is 2. The van der Waals surface area contributed by atoms with Crippen LogP contribution in [0.15, 0.2) is 83.8 Å². The average molecular weight is 497 g/mol. The van der Waals surface area contributed by atoms with Gasteiger partial charge in [0.15, 0.2) is 0 Å². The number of nitro groups is 1. The third-order valence-electron chi connectivity index (χ3n) is 4.93. The molecule has 0 saturated heterocycles. The summed E-state index contributed by atoms with van der Waals surface area (Å²) >= 11 is 0. The highest BCUT2D eigenvalue weighted by Crippen LogP contribution is 2.27. The zero-order chi connectivity index (χ0) is 25.4. The van der Waals surface area contributed by atoms with Crippen LogP contribution in [0.5, 0.6) is 0 Å². The van der Waals surface area contributed by atoms with E-state index in [9.17, 15) is 28.1 Å². The van der Waals surface area contributed by atoms with Gasteiger partial charge in [-0.25, -0.2) is 8.42 Å². The van der Waals surface area contributed by atoms with E-state index in [1.54, 1.807) is 24.3 Å². The van der Waals surface area contributed by atoms with Crippen molar-refractivity contribution in [2.75, 3.05) is 22.7 Å². The van der Waals surface area contributed by atoms with Gasteiger partial charge in [-0.05, 0) is 36.8 Å². The first kappa shape index (κ1) is 25.4. The molecule has 0 aromatic heterocycles. The molecule has 0 radical (unpaired) electrons. The van der Waals surface area contributed by atoms with Gasteiger partial charge in [-0.1, -0.05) is 43.3 Å². The Hall–Kier alpha value is -4.25. The van der Waals surface area contributed by atoms with E-state index in [1.165, 1.54) is 48.5 Å². The van der Waals surface area contributed by atoms with E-state index in [-0.39, 0.29) is 33.4 Å². The van der Waals surface area contributed by atoms with E-state index in [2.05, 4.69) is 10.6 Å². The van der Waals surface area contributed by atoms with Gasteiger partial charge >= 0.3 is 0 Å². The summed E-state index contributed by atoms with van der Waals surface area (Å²) in [5.74, 6) is -1.11. The van der Waals surface area contributed by atoms with Crippen LogP contribution < -0.4 is 14.9 Å². The van der Waals surface area contributed by atoms with Crippen molar-refractivity contribution < 1.29 is 22.9 Å². The lowest BCUT2D eigenvalue weighted by Crippen LogP contribution is -2.38. The predicted octanol–water partition coefficient (Wildman–Crippen LogP) is 3.57. The van der Waals surface area contributed by atoms with E-state index >= 15 is 0 Å². The van der Waals surface area contributed by atoms with Gasteiger partial charge in [0.25, 0.3) is 21.6 Å². The van der Waals surface area contributed by atoms with Crippen LogP contribution in [-0.2, 0) is 14.8 Å². The predicted molar refractivity (Wildman–Crippen MR) is 132 cm³/mol. The summed E-state index contributed by atoms with van der Waals surface area (Å²) in [4.78, 5) is 36.0. The Labute approximate surface area is 202 Å². The van der Waals surface area contributed by atoms with Crippen LogP contribution in [0, 0.1) is 10.1 Å². The number of para-hydroxylation sites is 1. The molecule has 0 heterocycles. The van der Waals surface area contributed by atoms with E-state index in [1.807, 2.05) is 6.92 Å². The van der Waals surface area contributed by atoms with Gasteiger partial charge in [-0.15, -0.1) is 0 Å². The van der Waals surface area contributed by atoms with Crippen LogP contribution in [0.25, 0.3) is 0 Å². The number of benzene rings is 3. The summed E-state index contributed by atoms with van der Waals surface area (Å²) < 4.78 is 27.6. The highest BCUT2D eigenvalue weighted by Gasteiger charge is 2.28. The Bertz CT molecular complexity index is 1330. The molecule has 0 saturated carbocycles. The fourth-order valence-electron chi connectivity index (χ4n) is 3.24. The molecule has 2 amide bonds. The number of nitrogens with one attached hydrogen (secondary N) is 2. The average Bonchev–Trinajstić information content (AvgIpc) is 2.86. The highest BCUT2D eigenvalue weighted by atomic mass is 32.2. The van der Waals surface area contributed by atoms with Gasteiger partial charge in [-0.3, -0.25) is 24.0 Å². The second kappa shape index (κ2) is 11.3. The third kappa shape index (κ3) is 6.21. The Balaban J connectivity index is 1.95. The maximum Gasteiger partial charge on any atom is 0.271 e. The third-order valence-corrected chi connectivity index (χ3v) is 6.72. The monoisotopic (exact) mass is 496 g/mol. The summed E-state index contributed by atoms with van der Waals surface area (Å²) in [5, 5.41) is 16.6. The molecular weight excluding hydrogens is 472 g/mol. The fraction of sp³-hybridized carbons (Fsp3) is 0.167. The molecule has 0 bridgehead atoms. The molecule has 3 rings (SSSR count). The second-order valence-corrected chi connectivity index (χ2v) is 9.31. The number of rotatable bonds is 10. The quantitative estimate of drug-likeness (QED) is 0.325. The molecule has 2 N–H and O–H groups in total. The summed E-state index contributed by atoms with van der Waals surface area (Å²) in [6, 6.07) is 18.8. The standard InChI is InChI=1S/C24H24N4O6S/c1-2-15-25-24(30)21-13-6-7-14-22(21)26-23(29)17-27(18-9-8-10-19(16-18)28(31)32)35(33,34)20-11-4-3-5-12-20/h3-14,16H,2,15,17H2,1H3,(H,25,30)(H,26,29). The van der Waals surface area contributed by atoms with Crippen molar-refractivity contribution in [3.63, 3.8) is 0 Å². The number of non-ortho nitro benzene ring substituents is 1. The molecular formula is C24H24N4O6S. The molecule has 3 aromatic rings. The van der Waals surface area contributed by atoms with Crippen molar-refractivity contribution in [1.29, 1.82) is 0 Å². The smallest absolute Gasteiger partial charge is 0.271 e. The Morgan fingerprint density at radius 1 is 0.971 bits per heavy atom. The van der Waals surface area contributed by atoms with Crippen molar-refractivity contribution in [2.24, 2.45) is 0 Å². The van der Waals surface area contributed by atoms with Gasteiger partial charge in [0.05, 0.1) is 26.8 Å². The largest absolute Gasteiger partial charge is 0.352 e. The van der Waals surface area contributed by atoms with Gasteiger partial charge in [-0.2, -0.15) is 0 Å². The van der Waals surface area contributed by atoms with Crippen LogP contribution >= 0.6 is 0 Å². The number of hydrogen-bond donors (Lipinski definition) is 2. The van der Waals surface area contributed by atoms with Gasteiger partial charge < -0.3 is 10.6 Å². The molecule has 35 heavy (non-hydrogen) atoms. The molecule has 3 aromatic carbocycles. The van der Waals surface area contributed by atoms with Gasteiger partial charge in [0.2, 0.25) is 5.91 Å². The molecule has 0 aliphatic rings. The molecule has 11 heteroatoms. The van der Waals surface area contributed by atoms with E-state index in [0.717, 1.165) is 16.8 Å². The van der Waals surface area contributed by atoms with Crippen LogP contribution in [0.1, 0.15) is 23.7 Å². The van der Waals surface area contributed by atoms with Gasteiger partial charge in [0.1, 0.15) is 6.54 Å². The zero-order valence-corrected chi connectivity index (χ0v) is 19.7. The van der Waals surface area contributed by atoms with E-state index in [4.69, 9.17) is 0 Å². The molecule has 0 aliphatic carbocycles. The topological polar surface area (TPSA) is 139 Å². The number of anilines is 2. The van der Waals surface area contributed by atoms with Gasteiger partial charge in [0, 0.05) is 18.7 Å². The molecule has 0 spiro atoms. The number of carbonyl (C=O) groups is 2. The van der Waals surface area contributed by atoms with E-state index in [0.29, 0.717) is 6.54 Å². The first-order chi connectivity index (χ1) is 16.7. The lowest BCUT2D eigenvalue weighted by Gasteiger charge is -2.24. The lowest BCUT2D eigenvalue weighted by molar-refractivity contribution is -0.384. The maximum atomic E-state index is 13.4. The molecule has 0 aliphatic heterocycles. The summed E-state index contributed by atoms with van der Waals surface area (Å²) in [6.07, 6.45) is 0.732. The van der Waals surface area contributed by atoms with Crippen molar-refractivity contribution in [1.82, 2.24) is 5.32 Å². The minimum Gasteiger partial charge on any atom is -0.352 e. The summed E-state index contributed by atoms with van der Waals surface area (Å²) in [5.41, 5.74) is 0.0607. The summed E-state index contributed by atoms with van der Waals surface area (Å²) in [6.45, 7) is 1.68. The minimum atomic E-state index is -4.25. The van der Waals surface area contributed by atoms with Crippen LogP contribution in [0.4, 0.5) is 17.1 Å². The Morgan fingerprint density at radius 3 is 2.34 bits per heavy atom. The minimum absolute atomic E-state index is 0.0489. The van der Waals surface area contributed by atoms with E-state index < -0.39 is 27.4 Å². The first-order valence-electron chi connectivity index (χ1n) is 10.7. The number of carbonyl (C=O) groups excluding carboxylic acids is 2. The van der Waals surface area contributed by atoms with Crippen LogP contribution in [-0.4, -0.2) is 38.2 Å². The summed E-state index contributed by atoms with van der Waals surface area (Å²) in [7, 11) is -4.25. The first-order valence-corrected chi connectivity index (χ1v) is 12.2. The van der Waals surface area contributed by atoms with Crippen LogP contribution in [0.2, 0.25) is 0 Å². The number of sulfonamides is 1. The number of hydrogen-bond acceptors (Lipinski definition) is 6. The molecule has 182 valence electrons. The van der Waals surface area contributed by atoms with Crippen molar-refractivity contribution in [3.8, 4) is 0 Å². The Kier molecular flexibility index (Phi) is 8.16. The zero-order valence-electron chi connectivity index (χ0n) is 18.9. The molecule has 0 unspecified atom stereocenters. The lowest BCUT2D eigenvalue weighted by atomic mass is 10.1. The molecule has 10 nitrogen and oxygen atoms in total. The number of nitro benzene ring substituents is 1. The fourth-order valence-corrected chi connectivity index (χ4v) is 4.67. The van der Waals surface area contributed by atoms with Crippen LogP contribution in [0.3, 0.4) is 0 Å². The molecule has 0 atom stereocenters. The molecule has 0 fully saturated rings.